The highest BCUT2D eigenvalue weighted by Gasteiger charge is 2.28. The number of sulfonamides is 1. The molecule has 4 rings (SSSR count). The van der Waals surface area contributed by atoms with E-state index in [0.717, 1.165) is 18.2 Å². The first-order valence-corrected chi connectivity index (χ1v) is 11.2. The molecule has 30 heavy (non-hydrogen) atoms. The van der Waals surface area contributed by atoms with Crippen LogP contribution in [0.15, 0.2) is 34.7 Å². The lowest BCUT2D eigenvalue weighted by Crippen LogP contribution is -2.31. The number of halogens is 1. The Labute approximate surface area is 172 Å². The van der Waals surface area contributed by atoms with E-state index in [-0.39, 0.29) is 17.2 Å². The van der Waals surface area contributed by atoms with Gasteiger partial charge in [0.25, 0.3) is 0 Å². The van der Waals surface area contributed by atoms with Crippen LogP contribution in [0.3, 0.4) is 0 Å². The van der Waals surface area contributed by atoms with Crippen molar-refractivity contribution in [1.82, 2.24) is 10.3 Å². The summed E-state index contributed by atoms with van der Waals surface area (Å²) in [5, 5.41) is 2.82. The van der Waals surface area contributed by atoms with Gasteiger partial charge < -0.3 is 14.5 Å². The van der Waals surface area contributed by atoms with Gasteiger partial charge in [-0.15, -0.1) is 0 Å². The van der Waals surface area contributed by atoms with Crippen molar-refractivity contribution in [2.75, 3.05) is 24.2 Å². The Hall–Kier alpha value is -3.14. The van der Waals surface area contributed by atoms with Crippen LogP contribution in [0, 0.1) is 5.82 Å². The zero-order valence-electron chi connectivity index (χ0n) is 16.4. The highest BCUT2D eigenvalue weighted by atomic mass is 32.2. The predicted molar refractivity (Wildman–Crippen MR) is 110 cm³/mol. The normalized spacial score (nSPS) is 14.3. The number of rotatable bonds is 3. The van der Waals surface area contributed by atoms with E-state index in [0.29, 0.717) is 36.2 Å². The van der Waals surface area contributed by atoms with Crippen molar-refractivity contribution in [1.29, 1.82) is 0 Å². The molecule has 0 atom stereocenters. The van der Waals surface area contributed by atoms with Crippen LogP contribution in [-0.2, 0) is 16.4 Å². The maximum atomic E-state index is 13.4. The van der Waals surface area contributed by atoms with Gasteiger partial charge in [0.05, 0.1) is 11.6 Å². The third-order valence-corrected chi connectivity index (χ3v) is 6.05. The Morgan fingerprint density at radius 2 is 2.00 bits per heavy atom. The quantitative estimate of drug-likeness (QED) is 0.679. The topological polar surface area (TPSA) is 102 Å². The molecular weight excluding hydrogens is 413 g/mol. The molecule has 3 aromatic rings. The molecule has 3 heterocycles. The number of nitrogens with one attached hydrogen (secondary N) is 1. The van der Waals surface area contributed by atoms with E-state index in [9.17, 15) is 17.6 Å². The van der Waals surface area contributed by atoms with Gasteiger partial charge in [0.1, 0.15) is 11.6 Å². The van der Waals surface area contributed by atoms with E-state index in [1.165, 1.54) is 35.6 Å². The van der Waals surface area contributed by atoms with Crippen LogP contribution >= 0.6 is 0 Å². The van der Waals surface area contributed by atoms with E-state index >= 15 is 0 Å². The number of fused-ring (bicyclic) bond motifs is 2. The molecule has 0 spiro atoms. The molecule has 0 unspecified atom stereocenters. The maximum Gasteiger partial charge on any atom is 0.412 e. The summed E-state index contributed by atoms with van der Waals surface area (Å²) in [4.78, 5) is 16.4. The fraction of sp³-hybridized carbons (Fsp3) is 0.300. The lowest BCUT2D eigenvalue weighted by Gasteiger charge is -2.20. The Morgan fingerprint density at radius 1 is 1.27 bits per heavy atom. The van der Waals surface area contributed by atoms with Gasteiger partial charge in [-0.2, -0.15) is 4.98 Å². The molecule has 0 bridgehead atoms. The van der Waals surface area contributed by atoms with Gasteiger partial charge in [-0.05, 0) is 55.2 Å². The number of aryl methyl sites for hydroxylation is 1. The monoisotopic (exact) mass is 433 g/mol. The van der Waals surface area contributed by atoms with Gasteiger partial charge in [0.15, 0.2) is 11.5 Å². The molecule has 1 aliphatic heterocycles. The highest BCUT2D eigenvalue weighted by Crippen LogP contribution is 2.42. The maximum absolute atomic E-state index is 13.4. The molecule has 2 aromatic heterocycles. The van der Waals surface area contributed by atoms with E-state index in [4.69, 9.17) is 9.15 Å². The van der Waals surface area contributed by atoms with Gasteiger partial charge in [-0.25, -0.2) is 17.6 Å². The van der Waals surface area contributed by atoms with E-state index in [1.54, 1.807) is 6.07 Å². The zero-order chi connectivity index (χ0) is 21.5. The Kier molecular flexibility index (Phi) is 5.10. The number of ether oxygens (including phenoxy) is 1. The average molecular weight is 433 g/mol. The lowest BCUT2D eigenvalue weighted by molar-refractivity contribution is 0.203. The standard InChI is InChI=1S/C20H20FN3O5S/c1-22-20(25)29-17-15-11-13-5-3-4-10-24(30(2,26)27)18(13)23-19(15)28-16(17)12-6-8-14(21)9-7-12/h6-9,11H,3-5,10H2,1-2H3,(H,22,25). The van der Waals surface area contributed by atoms with Crippen molar-refractivity contribution in [2.24, 2.45) is 0 Å². The van der Waals surface area contributed by atoms with Crippen molar-refractivity contribution in [3.05, 3.63) is 41.7 Å². The van der Waals surface area contributed by atoms with E-state index in [1.807, 2.05) is 0 Å². The number of pyridine rings is 1. The second-order valence-electron chi connectivity index (χ2n) is 7.02. The third kappa shape index (κ3) is 3.70. The van der Waals surface area contributed by atoms with Crippen LogP contribution in [0.2, 0.25) is 0 Å². The van der Waals surface area contributed by atoms with Crippen molar-refractivity contribution >= 4 is 33.0 Å². The molecule has 0 aliphatic carbocycles. The van der Waals surface area contributed by atoms with Gasteiger partial charge in [0.2, 0.25) is 15.7 Å². The van der Waals surface area contributed by atoms with Crippen molar-refractivity contribution in [3.63, 3.8) is 0 Å². The second-order valence-corrected chi connectivity index (χ2v) is 8.93. The smallest absolute Gasteiger partial charge is 0.412 e. The van der Waals surface area contributed by atoms with Gasteiger partial charge >= 0.3 is 6.09 Å². The zero-order valence-corrected chi connectivity index (χ0v) is 17.3. The molecule has 8 nitrogen and oxygen atoms in total. The molecule has 1 amide bonds. The summed E-state index contributed by atoms with van der Waals surface area (Å²) in [6, 6.07) is 7.27. The number of anilines is 1. The van der Waals surface area contributed by atoms with E-state index < -0.39 is 21.9 Å². The molecule has 0 fully saturated rings. The first-order valence-electron chi connectivity index (χ1n) is 9.37. The predicted octanol–water partition coefficient (Wildman–Crippen LogP) is 3.45. The average Bonchev–Trinajstić information content (AvgIpc) is 2.89. The first kappa shape index (κ1) is 20.1. The van der Waals surface area contributed by atoms with E-state index in [2.05, 4.69) is 10.3 Å². The summed E-state index contributed by atoms with van der Waals surface area (Å²) in [6.07, 6.45) is 2.56. The minimum absolute atomic E-state index is 0.127. The second kappa shape index (κ2) is 7.60. The van der Waals surface area contributed by atoms with Crippen molar-refractivity contribution in [3.8, 4) is 17.1 Å². The molecule has 10 heteroatoms. The Balaban J connectivity index is 1.95. The van der Waals surface area contributed by atoms with Crippen molar-refractivity contribution in [2.45, 2.75) is 19.3 Å². The number of furan rings is 1. The van der Waals surface area contributed by atoms with Crippen LogP contribution in [0.25, 0.3) is 22.4 Å². The lowest BCUT2D eigenvalue weighted by atomic mass is 10.1. The number of carbonyl (C=O) groups excluding carboxylic acids is 1. The van der Waals surface area contributed by atoms with Crippen LogP contribution in [-0.4, -0.2) is 39.3 Å². The number of carbonyl (C=O) groups is 1. The van der Waals surface area contributed by atoms with Crippen LogP contribution in [0.1, 0.15) is 18.4 Å². The SMILES string of the molecule is CNC(=O)Oc1c(-c2ccc(F)cc2)oc2nc3c(cc12)CCCCN3S(C)(=O)=O. The minimum atomic E-state index is -3.52. The fourth-order valence-corrected chi connectivity index (χ4v) is 4.40. The molecule has 0 radical (unpaired) electrons. The first-order chi connectivity index (χ1) is 14.3. The highest BCUT2D eigenvalue weighted by molar-refractivity contribution is 7.92. The number of hydrogen-bond acceptors (Lipinski definition) is 6. The van der Waals surface area contributed by atoms with Crippen LogP contribution in [0.5, 0.6) is 5.75 Å². The van der Waals surface area contributed by atoms with Crippen molar-refractivity contribution < 1.29 is 26.8 Å². The summed E-state index contributed by atoms with van der Waals surface area (Å²) >= 11 is 0. The molecule has 0 saturated carbocycles. The molecule has 1 aromatic carbocycles. The number of aromatic nitrogens is 1. The Morgan fingerprint density at radius 3 is 2.67 bits per heavy atom. The van der Waals surface area contributed by atoms with Crippen LogP contribution < -0.4 is 14.4 Å². The summed E-state index contributed by atoms with van der Waals surface area (Å²) in [6.45, 7) is 0.331. The summed E-state index contributed by atoms with van der Waals surface area (Å²) in [5.41, 5.74) is 1.34. The third-order valence-electron chi connectivity index (χ3n) is 4.89. The largest absolute Gasteiger partial charge is 0.434 e. The van der Waals surface area contributed by atoms with Gasteiger partial charge in [-0.1, -0.05) is 0 Å². The number of amides is 1. The number of benzene rings is 1. The molecular formula is C20H20FN3O5S. The number of nitrogens with zero attached hydrogens (tertiary/aromatic N) is 2. The Bertz CT molecular complexity index is 1220. The fourth-order valence-electron chi connectivity index (χ4n) is 3.47. The molecule has 158 valence electrons. The summed E-state index contributed by atoms with van der Waals surface area (Å²) in [5.74, 6) is 0.235. The van der Waals surface area contributed by atoms with Gasteiger partial charge in [0, 0.05) is 19.2 Å². The van der Waals surface area contributed by atoms with Crippen LogP contribution in [0.4, 0.5) is 15.0 Å². The molecule has 1 aliphatic rings. The molecule has 1 N–H and O–H groups in total. The molecule has 0 saturated heterocycles. The van der Waals surface area contributed by atoms with Gasteiger partial charge in [-0.3, -0.25) is 4.31 Å². The minimum Gasteiger partial charge on any atom is -0.434 e. The summed E-state index contributed by atoms with van der Waals surface area (Å²) < 4.78 is 50.5. The summed E-state index contributed by atoms with van der Waals surface area (Å²) in [7, 11) is -2.10. The number of hydrogen-bond donors (Lipinski definition) is 1.